The van der Waals surface area contributed by atoms with E-state index < -0.39 is 5.82 Å². The average molecular weight is 274 g/mol. The number of halogens is 1. The van der Waals surface area contributed by atoms with Crippen LogP contribution in [-0.2, 0) is 4.79 Å². The van der Waals surface area contributed by atoms with Gasteiger partial charge in [0.2, 0.25) is 5.91 Å². The molecular formula is C16H19FN2O. The largest absolute Gasteiger partial charge is 0.385 e. The summed E-state index contributed by atoms with van der Waals surface area (Å²) in [7, 11) is 0. The van der Waals surface area contributed by atoms with Gasteiger partial charge in [-0.25, -0.2) is 4.39 Å². The second-order valence-electron chi connectivity index (χ2n) is 5.80. The Morgan fingerprint density at radius 1 is 1.35 bits per heavy atom. The molecule has 0 heterocycles. The number of hydrogen-bond acceptors (Lipinski definition) is 2. The molecular weight excluding hydrogens is 255 g/mol. The summed E-state index contributed by atoms with van der Waals surface area (Å²) >= 11 is 0. The molecule has 4 heteroatoms. The minimum Gasteiger partial charge on any atom is -0.385 e. The van der Waals surface area contributed by atoms with Gasteiger partial charge in [-0.15, -0.1) is 0 Å². The van der Waals surface area contributed by atoms with Crippen LogP contribution in [0.25, 0.3) is 0 Å². The highest BCUT2D eigenvalue weighted by Crippen LogP contribution is 2.43. The molecule has 3 nitrogen and oxygen atoms in total. The van der Waals surface area contributed by atoms with Crippen molar-refractivity contribution in [2.75, 3.05) is 17.2 Å². The summed E-state index contributed by atoms with van der Waals surface area (Å²) in [4.78, 5) is 11.0. The fourth-order valence-electron chi connectivity index (χ4n) is 3.30. The van der Waals surface area contributed by atoms with Gasteiger partial charge in [-0.05, 0) is 48.8 Å². The van der Waals surface area contributed by atoms with Crippen LogP contribution in [0.5, 0.6) is 0 Å². The molecule has 0 saturated heterocycles. The SMILES string of the molecule is CC(=O)Nc1cc(NCC2CC3C=CC2C3)ccc1F. The highest BCUT2D eigenvalue weighted by atomic mass is 19.1. The van der Waals surface area contributed by atoms with E-state index in [9.17, 15) is 9.18 Å². The molecule has 1 saturated carbocycles. The predicted molar refractivity (Wildman–Crippen MR) is 78.0 cm³/mol. The topological polar surface area (TPSA) is 41.1 Å². The van der Waals surface area contributed by atoms with E-state index in [0.29, 0.717) is 11.8 Å². The first-order valence-corrected chi connectivity index (χ1v) is 7.11. The quantitative estimate of drug-likeness (QED) is 0.826. The number of amides is 1. The zero-order valence-electron chi connectivity index (χ0n) is 11.5. The number of carbonyl (C=O) groups is 1. The van der Waals surface area contributed by atoms with Crippen molar-refractivity contribution in [1.82, 2.24) is 0 Å². The molecule has 1 amide bonds. The van der Waals surface area contributed by atoms with E-state index in [4.69, 9.17) is 0 Å². The van der Waals surface area contributed by atoms with Crippen LogP contribution in [0.15, 0.2) is 30.4 Å². The van der Waals surface area contributed by atoms with Gasteiger partial charge in [-0.2, -0.15) is 0 Å². The fourth-order valence-corrected chi connectivity index (χ4v) is 3.30. The molecule has 1 aromatic rings. The number of hydrogen-bond donors (Lipinski definition) is 2. The van der Waals surface area contributed by atoms with Crippen LogP contribution in [0.3, 0.4) is 0 Å². The van der Waals surface area contributed by atoms with E-state index in [-0.39, 0.29) is 11.6 Å². The Morgan fingerprint density at radius 2 is 2.20 bits per heavy atom. The molecule has 0 spiro atoms. The maximum absolute atomic E-state index is 13.5. The van der Waals surface area contributed by atoms with E-state index in [1.165, 1.54) is 25.8 Å². The number of rotatable bonds is 4. The molecule has 2 aliphatic carbocycles. The highest BCUT2D eigenvalue weighted by Gasteiger charge is 2.35. The molecule has 1 fully saturated rings. The van der Waals surface area contributed by atoms with Gasteiger partial charge >= 0.3 is 0 Å². The fraction of sp³-hybridized carbons (Fsp3) is 0.438. The van der Waals surface area contributed by atoms with Gasteiger partial charge in [0.25, 0.3) is 0 Å². The molecule has 3 rings (SSSR count). The first kappa shape index (κ1) is 13.2. The third-order valence-corrected chi connectivity index (χ3v) is 4.26. The molecule has 3 unspecified atom stereocenters. The summed E-state index contributed by atoms with van der Waals surface area (Å²) in [5.74, 6) is 1.45. The molecule has 3 atom stereocenters. The Labute approximate surface area is 118 Å². The number of allylic oxidation sites excluding steroid dienone is 2. The summed E-state index contributed by atoms with van der Waals surface area (Å²) in [6.07, 6.45) is 7.18. The minimum atomic E-state index is -0.409. The molecule has 2 aliphatic rings. The van der Waals surface area contributed by atoms with Crippen LogP contribution in [0.2, 0.25) is 0 Å². The van der Waals surface area contributed by atoms with Gasteiger partial charge in [-0.1, -0.05) is 12.2 Å². The maximum Gasteiger partial charge on any atom is 0.221 e. The molecule has 0 radical (unpaired) electrons. The van der Waals surface area contributed by atoms with Crippen molar-refractivity contribution < 1.29 is 9.18 Å². The van der Waals surface area contributed by atoms with Gasteiger partial charge in [0.15, 0.2) is 0 Å². The lowest BCUT2D eigenvalue weighted by Gasteiger charge is -2.19. The summed E-state index contributed by atoms with van der Waals surface area (Å²) < 4.78 is 13.5. The van der Waals surface area contributed by atoms with E-state index in [1.54, 1.807) is 12.1 Å². The van der Waals surface area contributed by atoms with Gasteiger partial charge in [0.1, 0.15) is 5.82 Å². The minimum absolute atomic E-state index is 0.232. The van der Waals surface area contributed by atoms with Crippen LogP contribution in [0.1, 0.15) is 19.8 Å². The van der Waals surface area contributed by atoms with Crippen molar-refractivity contribution in [3.8, 4) is 0 Å². The molecule has 106 valence electrons. The van der Waals surface area contributed by atoms with Crippen molar-refractivity contribution in [2.24, 2.45) is 17.8 Å². The number of carbonyl (C=O) groups excluding carboxylic acids is 1. The molecule has 1 aromatic carbocycles. The summed E-state index contributed by atoms with van der Waals surface area (Å²) in [6.45, 7) is 2.28. The normalized spacial score (nSPS) is 26.8. The van der Waals surface area contributed by atoms with Crippen LogP contribution in [0, 0.1) is 23.6 Å². The van der Waals surface area contributed by atoms with Gasteiger partial charge in [-0.3, -0.25) is 4.79 Å². The van der Waals surface area contributed by atoms with Crippen molar-refractivity contribution in [1.29, 1.82) is 0 Å². The van der Waals surface area contributed by atoms with Crippen LogP contribution in [0.4, 0.5) is 15.8 Å². The molecule has 0 aliphatic heterocycles. The summed E-state index contributed by atoms with van der Waals surface area (Å²) in [5, 5.41) is 5.86. The average Bonchev–Trinajstić information content (AvgIpc) is 3.01. The number of anilines is 2. The number of fused-ring (bicyclic) bond motifs is 2. The zero-order valence-corrected chi connectivity index (χ0v) is 11.5. The van der Waals surface area contributed by atoms with Crippen molar-refractivity contribution >= 4 is 17.3 Å². The standard InChI is InChI=1S/C16H19FN2O/c1-10(20)19-16-8-14(4-5-15(16)17)18-9-13-7-11-2-3-12(13)6-11/h2-5,8,11-13,18H,6-7,9H2,1H3,(H,19,20). The van der Waals surface area contributed by atoms with Crippen LogP contribution in [-0.4, -0.2) is 12.5 Å². The number of nitrogens with one attached hydrogen (secondary N) is 2. The van der Waals surface area contributed by atoms with E-state index in [0.717, 1.165) is 18.2 Å². The lowest BCUT2D eigenvalue weighted by Crippen LogP contribution is -2.18. The Hall–Kier alpha value is -1.84. The summed E-state index contributed by atoms with van der Waals surface area (Å²) in [5.41, 5.74) is 1.08. The predicted octanol–water partition coefficient (Wildman–Crippen LogP) is 3.41. The van der Waals surface area contributed by atoms with Crippen molar-refractivity contribution in [3.63, 3.8) is 0 Å². The van der Waals surface area contributed by atoms with Crippen LogP contribution >= 0.6 is 0 Å². The second-order valence-corrected chi connectivity index (χ2v) is 5.80. The Bertz CT molecular complexity index is 555. The van der Waals surface area contributed by atoms with Gasteiger partial charge in [0.05, 0.1) is 5.69 Å². The highest BCUT2D eigenvalue weighted by molar-refractivity contribution is 5.89. The first-order chi connectivity index (χ1) is 9.61. The smallest absolute Gasteiger partial charge is 0.221 e. The third-order valence-electron chi connectivity index (χ3n) is 4.26. The summed E-state index contributed by atoms with van der Waals surface area (Å²) in [6, 6.07) is 4.75. The Kier molecular flexibility index (Phi) is 3.47. The van der Waals surface area contributed by atoms with E-state index in [2.05, 4.69) is 22.8 Å². The Balaban J connectivity index is 1.62. The van der Waals surface area contributed by atoms with Gasteiger partial charge in [0, 0.05) is 19.2 Å². The molecule has 2 N–H and O–H groups in total. The second kappa shape index (κ2) is 5.27. The Morgan fingerprint density at radius 3 is 2.85 bits per heavy atom. The maximum atomic E-state index is 13.5. The lowest BCUT2D eigenvalue weighted by atomic mass is 9.93. The first-order valence-electron chi connectivity index (χ1n) is 7.11. The van der Waals surface area contributed by atoms with E-state index >= 15 is 0 Å². The zero-order chi connectivity index (χ0) is 14.1. The molecule has 2 bridgehead atoms. The lowest BCUT2D eigenvalue weighted by molar-refractivity contribution is -0.114. The monoisotopic (exact) mass is 274 g/mol. The number of benzene rings is 1. The van der Waals surface area contributed by atoms with E-state index in [1.807, 2.05) is 0 Å². The van der Waals surface area contributed by atoms with Gasteiger partial charge < -0.3 is 10.6 Å². The third kappa shape index (κ3) is 2.69. The molecule has 0 aromatic heterocycles. The molecule has 20 heavy (non-hydrogen) atoms. The van der Waals surface area contributed by atoms with Crippen LogP contribution < -0.4 is 10.6 Å². The van der Waals surface area contributed by atoms with Crippen molar-refractivity contribution in [2.45, 2.75) is 19.8 Å². The van der Waals surface area contributed by atoms with Crippen molar-refractivity contribution in [3.05, 3.63) is 36.2 Å².